The molecule has 22 heavy (non-hydrogen) atoms. The minimum atomic E-state index is -0.368. The van der Waals surface area contributed by atoms with Gasteiger partial charge in [0, 0.05) is 11.4 Å². The molecule has 0 heterocycles. The lowest BCUT2D eigenvalue weighted by molar-refractivity contribution is -0.129. The summed E-state index contributed by atoms with van der Waals surface area (Å²) in [4.78, 5) is 10.8. The van der Waals surface area contributed by atoms with Crippen LogP contribution in [0.4, 0.5) is 0 Å². The van der Waals surface area contributed by atoms with Gasteiger partial charge in [0.15, 0.2) is 0 Å². The topological polar surface area (TPSA) is 58.6 Å². The molecule has 0 radical (unpaired) electrons. The number of rotatable bonds is 7. The van der Waals surface area contributed by atoms with Crippen molar-refractivity contribution in [2.75, 3.05) is 6.61 Å². The van der Waals surface area contributed by atoms with Crippen LogP contribution in [0.2, 0.25) is 5.02 Å². The Morgan fingerprint density at radius 2 is 1.59 bits per heavy atom. The molecule has 5 heteroatoms. The van der Waals surface area contributed by atoms with Crippen molar-refractivity contribution in [1.82, 2.24) is 5.48 Å². The van der Waals surface area contributed by atoms with Crippen LogP contribution in [0.25, 0.3) is 11.1 Å². The highest BCUT2D eigenvalue weighted by Crippen LogP contribution is 2.24. The van der Waals surface area contributed by atoms with Gasteiger partial charge >= 0.3 is 0 Å². The van der Waals surface area contributed by atoms with Crippen molar-refractivity contribution >= 4 is 17.5 Å². The van der Waals surface area contributed by atoms with E-state index < -0.39 is 0 Å². The number of hydrogen-bond acceptors (Lipinski definition) is 3. The predicted octanol–water partition coefficient (Wildman–Crippen LogP) is 4.06. The lowest BCUT2D eigenvalue weighted by Gasteiger charge is -2.07. The summed E-state index contributed by atoms with van der Waals surface area (Å²) < 4.78 is 5.62. The second-order valence-electron chi connectivity index (χ2n) is 4.87. The molecular formula is C17H18ClNO3. The first-order chi connectivity index (χ1) is 10.7. The average Bonchev–Trinajstić information content (AvgIpc) is 2.55. The fourth-order valence-corrected chi connectivity index (χ4v) is 2.15. The first-order valence-electron chi connectivity index (χ1n) is 7.11. The summed E-state index contributed by atoms with van der Waals surface area (Å²) in [6.07, 6.45) is 1.73. The number of ether oxygens (including phenoxy) is 1. The van der Waals surface area contributed by atoms with Crippen LogP contribution in [0.15, 0.2) is 48.5 Å². The smallest absolute Gasteiger partial charge is 0.243 e. The molecule has 2 aromatic rings. The zero-order chi connectivity index (χ0) is 15.8. The summed E-state index contributed by atoms with van der Waals surface area (Å²) in [5.41, 5.74) is 3.81. The number of carbonyl (C=O) groups excluding carboxylic acids is 1. The van der Waals surface area contributed by atoms with E-state index in [1.54, 1.807) is 5.48 Å². The van der Waals surface area contributed by atoms with Gasteiger partial charge in [0.2, 0.25) is 5.91 Å². The van der Waals surface area contributed by atoms with E-state index >= 15 is 0 Å². The number of unbranched alkanes of at least 4 members (excludes halogenated alkanes) is 1. The Morgan fingerprint density at radius 1 is 1.00 bits per heavy atom. The summed E-state index contributed by atoms with van der Waals surface area (Å²) in [6, 6.07) is 15.5. The Labute approximate surface area is 134 Å². The number of nitrogens with one attached hydrogen (secondary N) is 1. The molecule has 0 aliphatic rings. The quantitative estimate of drug-likeness (QED) is 0.459. The van der Waals surface area contributed by atoms with Gasteiger partial charge in [-0.05, 0) is 48.2 Å². The summed E-state index contributed by atoms with van der Waals surface area (Å²) in [6.45, 7) is 0.541. The highest BCUT2D eigenvalue weighted by Gasteiger charge is 2.01. The molecule has 4 nitrogen and oxygen atoms in total. The van der Waals surface area contributed by atoms with Crippen molar-refractivity contribution in [1.29, 1.82) is 0 Å². The monoisotopic (exact) mass is 319 g/mol. The van der Waals surface area contributed by atoms with Crippen LogP contribution in [0, 0.1) is 0 Å². The van der Waals surface area contributed by atoms with Crippen molar-refractivity contribution in [3.8, 4) is 16.9 Å². The van der Waals surface area contributed by atoms with Crippen LogP contribution < -0.4 is 10.2 Å². The maximum Gasteiger partial charge on any atom is 0.243 e. The van der Waals surface area contributed by atoms with Crippen molar-refractivity contribution < 1.29 is 14.7 Å². The van der Waals surface area contributed by atoms with E-state index in [4.69, 9.17) is 21.5 Å². The molecule has 116 valence electrons. The van der Waals surface area contributed by atoms with E-state index in [1.807, 2.05) is 48.5 Å². The number of amides is 1. The third-order valence-electron chi connectivity index (χ3n) is 3.22. The van der Waals surface area contributed by atoms with Gasteiger partial charge in [0.1, 0.15) is 5.75 Å². The molecule has 0 aromatic heterocycles. The highest BCUT2D eigenvalue weighted by molar-refractivity contribution is 6.30. The molecule has 0 fully saturated rings. The Hall–Kier alpha value is -2.04. The van der Waals surface area contributed by atoms with Crippen LogP contribution in [-0.2, 0) is 4.79 Å². The summed E-state index contributed by atoms with van der Waals surface area (Å²) in [7, 11) is 0. The normalized spacial score (nSPS) is 10.3. The second kappa shape index (κ2) is 8.41. The molecule has 1 amide bonds. The lowest BCUT2D eigenvalue weighted by atomic mass is 10.1. The van der Waals surface area contributed by atoms with E-state index in [2.05, 4.69) is 0 Å². The van der Waals surface area contributed by atoms with Gasteiger partial charge in [-0.15, -0.1) is 0 Å². The molecule has 0 saturated heterocycles. The molecule has 2 N–H and O–H groups in total. The van der Waals surface area contributed by atoms with Crippen LogP contribution in [-0.4, -0.2) is 17.7 Å². The minimum Gasteiger partial charge on any atom is -0.494 e. The molecule has 2 aromatic carbocycles. The Balaban J connectivity index is 1.79. The molecule has 0 spiro atoms. The Morgan fingerprint density at radius 3 is 2.18 bits per heavy atom. The fourth-order valence-electron chi connectivity index (χ4n) is 2.02. The third-order valence-corrected chi connectivity index (χ3v) is 3.48. The van der Waals surface area contributed by atoms with E-state index in [9.17, 15) is 4.79 Å². The SMILES string of the molecule is O=C(CCCCOc1ccc(-c2ccc(Cl)cc2)cc1)NO. The number of hydroxylamine groups is 1. The molecule has 0 aliphatic heterocycles. The summed E-state index contributed by atoms with van der Waals surface area (Å²) in [5, 5.41) is 9.09. The van der Waals surface area contributed by atoms with Gasteiger partial charge in [0.05, 0.1) is 6.61 Å². The van der Waals surface area contributed by atoms with E-state index in [0.29, 0.717) is 19.4 Å². The Bertz CT molecular complexity index is 596. The maximum absolute atomic E-state index is 10.8. The standard InChI is InChI=1S/C17H18ClNO3/c18-15-8-4-13(5-9-15)14-6-10-16(11-7-14)22-12-2-1-3-17(20)19-21/h4-11,21H,1-3,12H2,(H,19,20). The van der Waals surface area contributed by atoms with Crippen molar-refractivity contribution in [3.63, 3.8) is 0 Å². The predicted molar refractivity (Wildman–Crippen MR) is 86.2 cm³/mol. The second-order valence-corrected chi connectivity index (χ2v) is 5.31. The molecular weight excluding hydrogens is 302 g/mol. The zero-order valence-corrected chi connectivity index (χ0v) is 12.8. The number of halogens is 1. The molecule has 0 unspecified atom stereocenters. The van der Waals surface area contributed by atoms with Gasteiger partial charge in [-0.25, -0.2) is 5.48 Å². The van der Waals surface area contributed by atoms with E-state index in [0.717, 1.165) is 28.3 Å². The fraction of sp³-hybridized carbons (Fsp3) is 0.235. The van der Waals surface area contributed by atoms with Gasteiger partial charge in [-0.1, -0.05) is 35.9 Å². The lowest BCUT2D eigenvalue weighted by Crippen LogP contribution is -2.18. The van der Waals surface area contributed by atoms with E-state index in [1.165, 1.54) is 0 Å². The maximum atomic E-state index is 10.8. The Kier molecular flexibility index (Phi) is 6.25. The van der Waals surface area contributed by atoms with E-state index in [-0.39, 0.29) is 5.91 Å². The largest absolute Gasteiger partial charge is 0.494 e. The number of carbonyl (C=O) groups is 1. The van der Waals surface area contributed by atoms with Gasteiger partial charge in [0.25, 0.3) is 0 Å². The van der Waals surface area contributed by atoms with Gasteiger partial charge < -0.3 is 4.74 Å². The van der Waals surface area contributed by atoms with Crippen molar-refractivity contribution in [2.45, 2.75) is 19.3 Å². The first-order valence-corrected chi connectivity index (χ1v) is 7.48. The van der Waals surface area contributed by atoms with Crippen LogP contribution in [0.5, 0.6) is 5.75 Å². The minimum absolute atomic E-state index is 0.301. The molecule has 2 rings (SSSR count). The van der Waals surface area contributed by atoms with Gasteiger partial charge in [-0.2, -0.15) is 0 Å². The van der Waals surface area contributed by atoms with Crippen molar-refractivity contribution in [2.24, 2.45) is 0 Å². The van der Waals surface area contributed by atoms with Crippen LogP contribution in [0.3, 0.4) is 0 Å². The van der Waals surface area contributed by atoms with Gasteiger partial charge in [-0.3, -0.25) is 10.0 Å². The molecule has 0 aliphatic carbocycles. The number of hydrogen-bond donors (Lipinski definition) is 2. The van der Waals surface area contributed by atoms with Crippen LogP contribution in [0.1, 0.15) is 19.3 Å². The highest BCUT2D eigenvalue weighted by atomic mass is 35.5. The molecule has 0 bridgehead atoms. The van der Waals surface area contributed by atoms with Crippen molar-refractivity contribution in [3.05, 3.63) is 53.6 Å². The zero-order valence-electron chi connectivity index (χ0n) is 12.1. The average molecular weight is 320 g/mol. The summed E-state index contributed by atoms with van der Waals surface area (Å²) in [5.74, 6) is 0.427. The number of benzene rings is 2. The molecule has 0 saturated carbocycles. The first kappa shape index (κ1) is 16.3. The van der Waals surface area contributed by atoms with Crippen LogP contribution >= 0.6 is 11.6 Å². The summed E-state index contributed by atoms with van der Waals surface area (Å²) >= 11 is 5.88. The third kappa shape index (κ3) is 5.06. The molecule has 0 atom stereocenters.